The lowest BCUT2D eigenvalue weighted by molar-refractivity contribution is -0.116. The summed E-state index contributed by atoms with van der Waals surface area (Å²) in [5, 5.41) is 0. The SMILES string of the molecule is CC(=O)N1c2cc(S(=O)(=O)Nc3ccc(F)cc3)c(Br)cc2C[C@@H]1C. The molecule has 1 aliphatic heterocycles. The number of carbonyl (C=O) groups excluding carboxylic acids is 1. The number of nitrogens with zero attached hydrogens (tertiary/aromatic N) is 1. The highest BCUT2D eigenvalue weighted by Crippen LogP contribution is 2.38. The third-order valence-corrected chi connectivity index (χ3v) is 6.41. The Morgan fingerprint density at radius 1 is 1.28 bits per heavy atom. The molecule has 0 saturated carbocycles. The highest BCUT2D eigenvalue weighted by molar-refractivity contribution is 9.10. The van der Waals surface area contributed by atoms with Crippen molar-refractivity contribution in [1.82, 2.24) is 0 Å². The van der Waals surface area contributed by atoms with Gasteiger partial charge in [0.1, 0.15) is 10.7 Å². The Labute approximate surface area is 154 Å². The average Bonchev–Trinajstić information content (AvgIpc) is 2.83. The largest absolute Gasteiger partial charge is 0.309 e. The van der Waals surface area contributed by atoms with Crippen LogP contribution in [-0.2, 0) is 21.2 Å². The van der Waals surface area contributed by atoms with Crippen LogP contribution in [0.1, 0.15) is 19.4 Å². The van der Waals surface area contributed by atoms with Crippen LogP contribution < -0.4 is 9.62 Å². The summed E-state index contributed by atoms with van der Waals surface area (Å²) < 4.78 is 41.3. The minimum absolute atomic E-state index is 0.0240. The Bertz CT molecular complexity index is 945. The molecule has 1 heterocycles. The van der Waals surface area contributed by atoms with Gasteiger partial charge < -0.3 is 4.90 Å². The zero-order valence-corrected chi connectivity index (χ0v) is 16.0. The lowest BCUT2D eigenvalue weighted by atomic mass is 10.1. The fourth-order valence-corrected chi connectivity index (χ4v) is 5.20. The summed E-state index contributed by atoms with van der Waals surface area (Å²) >= 11 is 3.30. The van der Waals surface area contributed by atoms with Gasteiger partial charge >= 0.3 is 0 Å². The molecule has 2 aromatic carbocycles. The molecule has 0 bridgehead atoms. The fraction of sp³-hybridized carbons (Fsp3) is 0.235. The standard InChI is InChI=1S/C17H16BrFN2O3S/c1-10-7-12-8-15(18)17(9-16(12)21(10)11(2)22)25(23,24)20-14-5-3-13(19)4-6-14/h3-6,8-10,20H,7H2,1-2H3/t10-/m0/s1. The normalized spacial score (nSPS) is 16.6. The first-order valence-electron chi connectivity index (χ1n) is 7.59. The maximum atomic E-state index is 13.0. The second-order valence-corrected chi connectivity index (χ2v) is 8.47. The van der Waals surface area contributed by atoms with E-state index in [2.05, 4.69) is 20.7 Å². The van der Waals surface area contributed by atoms with E-state index in [0.29, 0.717) is 16.6 Å². The quantitative estimate of drug-likeness (QED) is 0.813. The summed E-state index contributed by atoms with van der Waals surface area (Å²) in [6.07, 6.45) is 0.666. The topological polar surface area (TPSA) is 66.5 Å². The lowest BCUT2D eigenvalue weighted by Gasteiger charge is -2.21. The number of hydrogen-bond donors (Lipinski definition) is 1. The van der Waals surface area contributed by atoms with Gasteiger partial charge in [-0.1, -0.05) is 0 Å². The molecule has 0 aliphatic carbocycles. The molecule has 1 amide bonds. The Morgan fingerprint density at radius 2 is 1.92 bits per heavy atom. The molecule has 5 nitrogen and oxygen atoms in total. The van der Waals surface area contributed by atoms with Crippen molar-refractivity contribution in [3.63, 3.8) is 0 Å². The van der Waals surface area contributed by atoms with Crippen molar-refractivity contribution in [1.29, 1.82) is 0 Å². The van der Waals surface area contributed by atoms with Crippen molar-refractivity contribution in [3.05, 3.63) is 52.3 Å². The summed E-state index contributed by atoms with van der Waals surface area (Å²) in [6.45, 7) is 3.37. The van der Waals surface area contributed by atoms with Gasteiger partial charge in [0.05, 0.1) is 0 Å². The van der Waals surface area contributed by atoms with E-state index in [4.69, 9.17) is 0 Å². The number of nitrogens with one attached hydrogen (secondary N) is 1. The van der Waals surface area contributed by atoms with E-state index in [9.17, 15) is 17.6 Å². The van der Waals surface area contributed by atoms with Gasteiger partial charge in [0.2, 0.25) is 5.91 Å². The molecule has 0 radical (unpaired) electrons. The van der Waals surface area contributed by atoms with Crippen LogP contribution >= 0.6 is 15.9 Å². The van der Waals surface area contributed by atoms with Crippen molar-refractivity contribution >= 4 is 43.2 Å². The smallest absolute Gasteiger partial charge is 0.263 e. The summed E-state index contributed by atoms with van der Waals surface area (Å²) in [5.41, 5.74) is 1.77. The number of benzene rings is 2. The summed E-state index contributed by atoms with van der Waals surface area (Å²) in [7, 11) is -3.90. The number of amides is 1. The van der Waals surface area contributed by atoms with E-state index >= 15 is 0 Å². The van der Waals surface area contributed by atoms with Crippen molar-refractivity contribution in [2.24, 2.45) is 0 Å². The van der Waals surface area contributed by atoms with Gasteiger partial charge in [0, 0.05) is 28.8 Å². The third kappa shape index (κ3) is 3.41. The molecule has 1 aliphatic rings. The second kappa shape index (κ2) is 6.42. The number of anilines is 2. The minimum atomic E-state index is -3.90. The van der Waals surface area contributed by atoms with Crippen LogP contribution in [0.2, 0.25) is 0 Å². The molecule has 0 aromatic heterocycles. The monoisotopic (exact) mass is 426 g/mol. The van der Waals surface area contributed by atoms with Crippen LogP contribution in [0.5, 0.6) is 0 Å². The van der Waals surface area contributed by atoms with Crippen LogP contribution in [-0.4, -0.2) is 20.4 Å². The Morgan fingerprint density at radius 3 is 2.52 bits per heavy atom. The molecule has 1 N–H and O–H groups in total. The summed E-state index contributed by atoms with van der Waals surface area (Å²) in [5.74, 6) is -0.587. The van der Waals surface area contributed by atoms with Gasteiger partial charge in [-0.3, -0.25) is 9.52 Å². The van der Waals surface area contributed by atoms with E-state index in [0.717, 1.165) is 5.56 Å². The molecule has 132 valence electrons. The lowest BCUT2D eigenvalue weighted by Crippen LogP contribution is -2.33. The first-order valence-corrected chi connectivity index (χ1v) is 9.87. The first kappa shape index (κ1) is 17.9. The van der Waals surface area contributed by atoms with E-state index in [1.807, 2.05) is 6.92 Å². The predicted octanol–water partition coefficient (Wildman–Crippen LogP) is 3.69. The van der Waals surface area contributed by atoms with Gasteiger partial charge in [-0.25, -0.2) is 12.8 Å². The van der Waals surface area contributed by atoms with Crippen molar-refractivity contribution in [2.45, 2.75) is 31.2 Å². The molecule has 25 heavy (non-hydrogen) atoms. The van der Waals surface area contributed by atoms with Gasteiger partial charge in [0.25, 0.3) is 10.0 Å². The number of sulfonamides is 1. The Balaban J connectivity index is 2.02. The molecular weight excluding hydrogens is 411 g/mol. The molecule has 0 saturated heterocycles. The average molecular weight is 427 g/mol. The molecule has 0 fully saturated rings. The molecule has 2 aromatic rings. The number of rotatable bonds is 3. The Hall–Kier alpha value is -1.93. The van der Waals surface area contributed by atoms with E-state index in [1.165, 1.54) is 37.3 Å². The van der Waals surface area contributed by atoms with Gasteiger partial charge in [-0.2, -0.15) is 0 Å². The van der Waals surface area contributed by atoms with Crippen molar-refractivity contribution in [2.75, 3.05) is 9.62 Å². The van der Waals surface area contributed by atoms with E-state index < -0.39 is 15.8 Å². The molecule has 1 atom stereocenters. The maximum absolute atomic E-state index is 13.0. The number of fused-ring (bicyclic) bond motifs is 1. The fourth-order valence-electron chi connectivity index (χ4n) is 3.03. The molecule has 3 rings (SSSR count). The molecule has 8 heteroatoms. The van der Waals surface area contributed by atoms with Crippen LogP contribution in [0.3, 0.4) is 0 Å². The third-order valence-electron chi connectivity index (χ3n) is 4.07. The van der Waals surface area contributed by atoms with Crippen LogP contribution in [0, 0.1) is 5.82 Å². The first-order chi connectivity index (χ1) is 11.7. The van der Waals surface area contributed by atoms with Gasteiger partial charge in [-0.05, 0) is 71.2 Å². The van der Waals surface area contributed by atoms with Crippen molar-refractivity contribution < 1.29 is 17.6 Å². The highest BCUT2D eigenvalue weighted by Gasteiger charge is 2.32. The number of halogens is 2. The zero-order valence-electron chi connectivity index (χ0n) is 13.6. The van der Waals surface area contributed by atoms with E-state index in [1.54, 1.807) is 11.0 Å². The summed E-state index contributed by atoms with van der Waals surface area (Å²) in [6, 6.07) is 8.24. The van der Waals surface area contributed by atoms with Crippen LogP contribution in [0.4, 0.5) is 15.8 Å². The van der Waals surface area contributed by atoms with Crippen molar-refractivity contribution in [3.8, 4) is 0 Å². The summed E-state index contributed by atoms with van der Waals surface area (Å²) in [4.78, 5) is 13.5. The predicted molar refractivity (Wildman–Crippen MR) is 97.7 cm³/mol. The molecular formula is C17H16BrFN2O3S. The maximum Gasteiger partial charge on any atom is 0.263 e. The number of carbonyl (C=O) groups is 1. The second-order valence-electron chi connectivity index (χ2n) is 5.97. The van der Waals surface area contributed by atoms with Crippen LogP contribution in [0.25, 0.3) is 0 Å². The highest BCUT2D eigenvalue weighted by atomic mass is 79.9. The van der Waals surface area contributed by atoms with Gasteiger partial charge in [0.15, 0.2) is 0 Å². The zero-order chi connectivity index (χ0) is 18.4. The van der Waals surface area contributed by atoms with E-state index in [-0.39, 0.29) is 22.5 Å². The molecule has 0 unspecified atom stereocenters. The minimum Gasteiger partial charge on any atom is -0.309 e. The molecule has 0 spiro atoms. The van der Waals surface area contributed by atoms with Gasteiger partial charge in [-0.15, -0.1) is 0 Å². The number of hydrogen-bond acceptors (Lipinski definition) is 3. The van der Waals surface area contributed by atoms with Crippen LogP contribution in [0.15, 0.2) is 45.8 Å². The Kier molecular flexibility index (Phi) is 4.59.